The van der Waals surface area contributed by atoms with Crippen LogP contribution in [0.5, 0.6) is 0 Å². The Hall–Kier alpha value is -1.95. The molecule has 0 aliphatic rings. The van der Waals surface area contributed by atoms with E-state index >= 15 is 0 Å². The van der Waals surface area contributed by atoms with Gasteiger partial charge < -0.3 is 4.90 Å². The molecule has 7 heteroatoms. The fraction of sp³-hybridized carbons (Fsp3) is 0.182. The summed E-state index contributed by atoms with van der Waals surface area (Å²) < 4.78 is 12.9. The van der Waals surface area contributed by atoms with Gasteiger partial charge >= 0.3 is 0 Å². The summed E-state index contributed by atoms with van der Waals surface area (Å²) >= 11 is 5.89. The highest BCUT2D eigenvalue weighted by Crippen LogP contribution is 2.19. The second-order valence-electron chi connectivity index (χ2n) is 3.75. The number of halogens is 2. The molecule has 1 aromatic carbocycles. The molecule has 0 fully saturated rings. The molecular formula is C11H10ClFN4O. The Bertz CT molecular complexity index is 558. The minimum Gasteiger partial charge on any atom is -0.336 e. The fourth-order valence-corrected chi connectivity index (χ4v) is 1.70. The molecule has 94 valence electrons. The van der Waals surface area contributed by atoms with Crippen molar-refractivity contribution < 1.29 is 9.18 Å². The zero-order valence-corrected chi connectivity index (χ0v) is 10.3. The van der Waals surface area contributed by atoms with E-state index in [1.165, 1.54) is 23.2 Å². The van der Waals surface area contributed by atoms with Crippen LogP contribution in [0.1, 0.15) is 16.1 Å². The van der Waals surface area contributed by atoms with Gasteiger partial charge in [-0.3, -0.25) is 4.79 Å². The number of nitrogens with zero attached hydrogens (tertiary/aromatic N) is 3. The van der Waals surface area contributed by atoms with E-state index < -0.39 is 5.82 Å². The van der Waals surface area contributed by atoms with Crippen molar-refractivity contribution in [1.82, 2.24) is 20.3 Å². The number of aromatic amines is 1. The van der Waals surface area contributed by atoms with E-state index in [9.17, 15) is 9.18 Å². The highest BCUT2D eigenvalue weighted by atomic mass is 35.5. The largest absolute Gasteiger partial charge is 0.336 e. The Kier molecular flexibility index (Phi) is 3.57. The van der Waals surface area contributed by atoms with Gasteiger partial charge in [0.05, 0.1) is 6.20 Å². The Morgan fingerprint density at radius 2 is 2.33 bits per heavy atom. The van der Waals surface area contributed by atoms with Gasteiger partial charge in [-0.15, -0.1) is 0 Å². The first-order valence-corrected chi connectivity index (χ1v) is 5.51. The summed E-state index contributed by atoms with van der Waals surface area (Å²) in [7, 11) is 1.61. The van der Waals surface area contributed by atoms with Crippen molar-refractivity contribution in [2.75, 3.05) is 7.05 Å². The molecule has 1 N–H and O–H groups in total. The lowest BCUT2D eigenvalue weighted by Gasteiger charge is -2.16. The molecule has 2 aromatic rings. The number of rotatable bonds is 3. The van der Waals surface area contributed by atoms with Gasteiger partial charge in [-0.1, -0.05) is 17.7 Å². The number of carbonyl (C=O) groups is 1. The normalized spacial score (nSPS) is 10.4. The van der Waals surface area contributed by atoms with Crippen LogP contribution in [-0.4, -0.2) is 33.3 Å². The van der Waals surface area contributed by atoms with E-state index in [4.69, 9.17) is 11.6 Å². The van der Waals surface area contributed by atoms with Gasteiger partial charge in [0, 0.05) is 18.6 Å². The van der Waals surface area contributed by atoms with Crippen LogP contribution < -0.4 is 0 Å². The maximum atomic E-state index is 12.9. The van der Waals surface area contributed by atoms with Crippen LogP contribution in [0.15, 0.2) is 24.4 Å². The zero-order chi connectivity index (χ0) is 13.1. The smallest absolute Gasteiger partial charge is 0.276 e. The van der Waals surface area contributed by atoms with Crippen LogP contribution in [0.2, 0.25) is 5.02 Å². The van der Waals surface area contributed by atoms with Gasteiger partial charge in [-0.25, -0.2) is 4.39 Å². The molecule has 0 saturated heterocycles. The SMILES string of the molecule is CN(Cc1ccc(F)cc1Cl)C(=O)c1cn[nH]n1. The molecular weight excluding hydrogens is 259 g/mol. The Morgan fingerprint density at radius 3 is 2.94 bits per heavy atom. The number of carbonyl (C=O) groups excluding carboxylic acids is 1. The molecule has 5 nitrogen and oxygen atoms in total. The highest BCUT2D eigenvalue weighted by Gasteiger charge is 2.15. The van der Waals surface area contributed by atoms with Crippen molar-refractivity contribution in [2.45, 2.75) is 6.54 Å². The molecule has 0 aliphatic heterocycles. The predicted octanol–water partition coefficient (Wildman–Crippen LogP) is 1.87. The standard InChI is InChI=1S/C11H10ClFN4O/c1-17(11(18)10-5-14-16-15-10)6-7-2-3-8(13)4-9(7)12/h2-5H,6H2,1H3,(H,14,15,16). The van der Waals surface area contributed by atoms with Crippen molar-refractivity contribution in [3.63, 3.8) is 0 Å². The van der Waals surface area contributed by atoms with E-state index in [-0.39, 0.29) is 23.2 Å². The third-order valence-electron chi connectivity index (χ3n) is 2.40. The maximum absolute atomic E-state index is 12.9. The van der Waals surface area contributed by atoms with Crippen LogP contribution in [0, 0.1) is 5.82 Å². The van der Waals surface area contributed by atoms with Gasteiger partial charge in [0.15, 0.2) is 5.69 Å². The van der Waals surface area contributed by atoms with E-state index in [1.807, 2.05) is 0 Å². The quantitative estimate of drug-likeness (QED) is 0.924. The molecule has 0 aliphatic carbocycles. The second-order valence-corrected chi connectivity index (χ2v) is 4.16. The summed E-state index contributed by atoms with van der Waals surface area (Å²) in [5, 5.41) is 9.91. The third-order valence-corrected chi connectivity index (χ3v) is 2.76. The van der Waals surface area contributed by atoms with Crippen molar-refractivity contribution in [3.05, 3.63) is 46.5 Å². The van der Waals surface area contributed by atoms with Crippen LogP contribution in [0.25, 0.3) is 0 Å². The Morgan fingerprint density at radius 1 is 1.56 bits per heavy atom. The predicted molar refractivity (Wildman–Crippen MR) is 63.6 cm³/mol. The first-order chi connectivity index (χ1) is 8.58. The first kappa shape index (κ1) is 12.5. The summed E-state index contributed by atoms with van der Waals surface area (Å²) in [6.45, 7) is 0.269. The molecule has 18 heavy (non-hydrogen) atoms. The summed E-state index contributed by atoms with van der Waals surface area (Å²) in [6.07, 6.45) is 1.34. The lowest BCUT2D eigenvalue weighted by molar-refractivity contribution is 0.0779. The van der Waals surface area contributed by atoms with Crippen molar-refractivity contribution in [3.8, 4) is 0 Å². The molecule has 2 rings (SSSR count). The fourth-order valence-electron chi connectivity index (χ4n) is 1.48. The molecule has 0 unspecified atom stereocenters. The summed E-state index contributed by atoms with van der Waals surface area (Å²) in [5.74, 6) is -0.696. The monoisotopic (exact) mass is 268 g/mol. The molecule has 0 radical (unpaired) electrons. The summed E-state index contributed by atoms with van der Waals surface area (Å²) in [5.41, 5.74) is 0.883. The number of hydrogen-bond donors (Lipinski definition) is 1. The molecule has 0 saturated carbocycles. The molecule has 0 bridgehead atoms. The molecule has 0 atom stereocenters. The summed E-state index contributed by atoms with van der Waals surface area (Å²) in [4.78, 5) is 13.3. The summed E-state index contributed by atoms with van der Waals surface area (Å²) in [6, 6.07) is 4.06. The number of H-pyrrole nitrogens is 1. The Balaban J connectivity index is 2.11. The van der Waals surface area contributed by atoms with Gasteiger partial charge in [0.1, 0.15) is 5.82 Å². The number of amides is 1. The second kappa shape index (κ2) is 5.14. The maximum Gasteiger partial charge on any atom is 0.276 e. The minimum atomic E-state index is -0.408. The first-order valence-electron chi connectivity index (χ1n) is 5.13. The van der Waals surface area contributed by atoms with Crippen molar-refractivity contribution in [1.29, 1.82) is 0 Å². The Labute approximate surface area is 108 Å². The number of aromatic nitrogens is 3. The van der Waals surface area contributed by atoms with E-state index in [2.05, 4.69) is 15.4 Å². The lowest BCUT2D eigenvalue weighted by atomic mass is 10.2. The average Bonchev–Trinajstić information content (AvgIpc) is 2.85. The van der Waals surface area contributed by atoms with Gasteiger partial charge in [0.25, 0.3) is 5.91 Å². The molecule has 0 spiro atoms. The highest BCUT2D eigenvalue weighted by molar-refractivity contribution is 6.31. The number of benzene rings is 1. The zero-order valence-electron chi connectivity index (χ0n) is 9.52. The van der Waals surface area contributed by atoms with E-state index in [0.29, 0.717) is 5.56 Å². The van der Waals surface area contributed by atoms with E-state index in [1.54, 1.807) is 13.1 Å². The lowest BCUT2D eigenvalue weighted by Crippen LogP contribution is -2.26. The average molecular weight is 269 g/mol. The van der Waals surface area contributed by atoms with Crippen LogP contribution >= 0.6 is 11.6 Å². The minimum absolute atomic E-state index is 0.218. The van der Waals surface area contributed by atoms with Crippen LogP contribution in [0.4, 0.5) is 4.39 Å². The van der Waals surface area contributed by atoms with Crippen LogP contribution in [-0.2, 0) is 6.54 Å². The van der Waals surface area contributed by atoms with Crippen molar-refractivity contribution >= 4 is 17.5 Å². The molecule has 1 heterocycles. The topological polar surface area (TPSA) is 61.9 Å². The van der Waals surface area contributed by atoms with Crippen molar-refractivity contribution in [2.24, 2.45) is 0 Å². The van der Waals surface area contributed by atoms with E-state index in [0.717, 1.165) is 0 Å². The van der Waals surface area contributed by atoms with Crippen LogP contribution in [0.3, 0.4) is 0 Å². The third kappa shape index (κ3) is 2.65. The molecule has 1 aromatic heterocycles. The van der Waals surface area contributed by atoms with Gasteiger partial charge in [0.2, 0.25) is 0 Å². The van der Waals surface area contributed by atoms with Gasteiger partial charge in [-0.2, -0.15) is 15.4 Å². The van der Waals surface area contributed by atoms with Gasteiger partial charge in [-0.05, 0) is 17.7 Å². The number of nitrogens with one attached hydrogen (secondary N) is 1. The number of hydrogen-bond acceptors (Lipinski definition) is 3. The molecule has 1 amide bonds.